The second kappa shape index (κ2) is 13.6. The van der Waals surface area contributed by atoms with Crippen LogP contribution in [0.3, 0.4) is 0 Å². The first-order chi connectivity index (χ1) is 10.7. The number of carbonyl (C=O) groups is 1. The number of guanidine groups is 1. The smallest absolute Gasteiger partial charge is 0.239 e. The third kappa shape index (κ3) is 10.5. The molecule has 0 aliphatic carbocycles. The molecule has 0 spiro atoms. The molecule has 3 N–H and O–H groups in total. The van der Waals surface area contributed by atoms with Crippen LogP contribution in [0, 0.1) is 5.92 Å². The lowest BCUT2D eigenvalue weighted by molar-refractivity contribution is -0.120. The first kappa shape index (κ1) is 22.1. The molecule has 1 heterocycles. The van der Waals surface area contributed by atoms with Crippen LogP contribution >= 0.6 is 35.3 Å². The summed E-state index contributed by atoms with van der Waals surface area (Å²) in [5, 5.41) is 11.1. The molecule has 1 atom stereocenters. The van der Waals surface area contributed by atoms with Crippen molar-refractivity contribution in [3.05, 3.63) is 22.4 Å². The van der Waals surface area contributed by atoms with E-state index in [-0.39, 0.29) is 36.4 Å². The van der Waals surface area contributed by atoms with Gasteiger partial charge in [-0.25, -0.2) is 0 Å². The molecule has 0 bridgehead atoms. The SMILES string of the molecule is CN=C(NCC(=O)NCCOC)NCC(C)Cc1cccs1.I. The fourth-order valence-corrected chi connectivity index (χ4v) is 2.72. The molecule has 6 nitrogen and oxygen atoms in total. The number of hydrogen-bond acceptors (Lipinski definition) is 4. The minimum Gasteiger partial charge on any atom is -0.383 e. The van der Waals surface area contributed by atoms with Gasteiger partial charge in [0.15, 0.2) is 5.96 Å². The number of rotatable bonds is 9. The highest BCUT2D eigenvalue weighted by molar-refractivity contribution is 14.0. The van der Waals surface area contributed by atoms with Gasteiger partial charge >= 0.3 is 0 Å². The summed E-state index contributed by atoms with van der Waals surface area (Å²) in [6.45, 7) is 4.23. The Labute approximate surface area is 159 Å². The number of methoxy groups -OCH3 is 1. The highest BCUT2D eigenvalue weighted by atomic mass is 127. The average Bonchev–Trinajstić information content (AvgIpc) is 3.00. The Morgan fingerprint density at radius 3 is 2.78 bits per heavy atom. The van der Waals surface area contributed by atoms with E-state index in [9.17, 15) is 4.79 Å². The minimum atomic E-state index is -0.0772. The molecule has 23 heavy (non-hydrogen) atoms. The summed E-state index contributed by atoms with van der Waals surface area (Å²) in [6.07, 6.45) is 1.04. The van der Waals surface area contributed by atoms with E-state index in [1.807, 2.05) is 0 Å². The van der Waals surface area contributed by atoms with Gasteiger partial charge in [0.2, 0.25) is 5.91 Å². The van der Waals surface area contributed by atoms with Gasteiger partial charge in [-0.3, -0.25) is 9.79 Å². The third-order valence-corrected chi connectivity index (χ3v) is 3.91. The molecule has 0 aromatic carbocycles. The highest BCUT2D eigenvalue weighted by Crippen LogP contribution is 2.13. The monoisotopic (exact) mass is 454 g/mol. The molecule has 0 saturated heterocycles. The van der Waals surface area contributed by atoms with Crippen molar-refractivity contribution >= 4 is 47.2 Å². The quantitative estimate of drug-likeness (QED) is 0.229. The van der Waals surface area contributed by atoms with Gasteiger partial charge in [0.05, 0.1) is 13.2 Å². The van der Waals surface area contributed by atoms with E-state index in [4.69, 9.17) is 4.74 Å². The van der Waals surface area contributed by atoms with Crippen molar-refractivity contribution in [2.24, 2.45) is 10.9 Å². The van der Waals surface area contributed by atoms with E-state index < -0.39 is 0 Å². The Morgan fingerprint density at radius 1 is 1.39 bits per heavy atom. The van der Waals surface area contributed by atoms with Gasteiger partial charge in [0, 0.05) is 32.1 Å². The predicted molar refractivity (Wildman–Crippen MR) is 107 cm³/mol. The Kier molecular flexibility index (Phi) is 13.0. The highest BCUT2D eigenvalue weighted by Gasteiger charge is 2.07. The van der Waals surface area contributed by atoms with E-state index in [1.54, 1.807) is 25.5 Å². The molecule has 8 heteroatoms. The number of aliphatic imine (C=N–C) groups is 1. The van der Waals surface area contributed by atoms with Crippen LogP contribution in [-0.4, -0.2) is 52.3 Å². The van der Waals surface area contributed by atoms with Crippen LogP contribution in [0.1, 0.15) is 11.8 Å². The Hall–Kier alpha value is -0.870. The second-order valence-corrected chi connectivity index (χ2v) is 6.07. The Bertz CT molecular complexity index is 454. The van der Waals surface area contributed by atoms with Gasteiger partial charge in [-0.2, -0.15) is 0 Å². The molecule has 1 aromatic heterocycles. The van der Waals surface area contributed by atoms with Gasteiger partial charge in [0.25, 0.3) is 0 Å². The number of amides is 1. The molecule has 1 amide bonds. The summed E-state index contributed by atoms with van der Waals surface area (Å²) in [7, 11) is 3.30. The number of thiophene rings is 1. The standard InChI is InChI=1S/C15H26N4O2S.HI/c1-12(9-13-5-4-8-22-13)10-18-15(16-2)19-11-14(20)17-6-7-21-3;/h4-5,8,12H,6-7,9-11H2,1-3H3,(H,17,20)(H2,16,18,19);1H. The molecule has 0 radical (unpaired) electrons. The zero-order valence-electron chi connectivity index (χ0n) is 13.9. The lowest BCUT2D eigenvalue weighted by atomic mass is 10.1. The summed E-state index contributed by atoms with van der Waals surface area (Å²) in [6, 6.07) is 4.22. The zero-order chi connectivity index (χ0) is 16.2. The number of nitrogens with one attached hydrogen (secondary N) is 3. The van der Waals surface area contributed by atoms with Gasteiger partial charge in [-0.1, -0.05) is 13.0 Å². The topological polar surface area (TPSA) is 74.8 Å². The molecular formula is C15H27IN4O2S. The van der Waals surface area contributed by atoms with Gasteiger partial charge in [0.1, 0.15) is 0 Å². The zero-order valence-corrected chi connectivity index (χ0v) is 17.1. The van der Waals surface area contributed by atoms with E-state index in [2.05, 4.69) is 45.4 Å². The van der Waals surface area contributed by atoms with Crippen molar-refractivity contribution in [1.29, 1.82) is 0 Å². The molecule has 0 fully saturated rings. The van der Waals surface area contributed by atoms with E-state index in [0.717, 1.165) is 13.0 Å². The lowest BCUT2D eigenvalue weighted by Gasteiger charge is -2.15. The summed E-state index contributed by atoms with van der Waals surface area (Å²) >= 11 is 1.78. The van der Waals surface area contributed by atoms with Gasteiger partial charge in [-0.15, -0.1) is 35.3 Å². The van der Waals surface area contributed by atoms with E-state index in [0.29, 0.717) is 25.0 Å². The summed E-state index contributed by atoms with van der Waals surface area (Å²) < 4.78 is 4.88. The van der Waals surface area contributed by atoms with Crippen LogP contribution in [-0.2, 0) is 16.0 Å². The number of nitrogens with zero attached hydrogens (tertiary/aromatic N) is 1. The van der Waals surface area contributed by atoms with Crippen molar-refractivity contribution in [3.63, 3.8) is 0 Å². The molecule has 1 aromatic rings. The normalized spacial score (nSPS) is 12.2. The molecule has 0 aliphatic rings. The average molecular weight is 454 g/mol. The number of ether oxygens (including phenoxy) is 1. The predicted octanol–water partition coefficient (Wildman–Crippen LogP) is 1.47. The van der Waals surface area contributed by atoms with Crippen LogP contribution in [0.2, 0.25) is 0 Å². The molecule has 1 unspecified atom stereocenters. The fourth-order valence-electron chi connectivity index (χ4n) is 1.85. The first-order valence-electron chi connectivity index (χ1n) is 7.38. The second-order valence-electron chi connectivity index (χ2n) is 5.04. The fraction of sp³-hybridized carbons (Fsp3) is 0.600. The number of halogens is 1. The van der Waals surface area contributed by atoms with Crippen LogP contribution in [0.4, 0.5) is 0 Å². The molecule has 0 aliphatic heterocycles. The molecule has 0 saturated carbocycles. The van der Waals surface area contributed by atoms with Crippen molar-refractivity contribution in [2.45, 2.75) is 13.3 Å². The van der Waals surface area contributed by atoms with E-state index >= 15 is 0 Å². The summed E-state index contributed by atoms with van der Waals surface area (Å²) in [4.78, 5) is 17.1. The van der Waals surface area contributed by atoms with Crippen molar-refractivity contribution in [2.75, 3.05) is 40.4 Å². The molecular weight excluding hydrogens is 427 g/mol. The lowest BCUT2D eigenvalue weighted by Crippen LogP contribution is -2.44. The van der Waals surface area contributed by atoms with Crippen LogP contribution < -0.4 is 16.0 Å². The maximum Gasteiger partial charge on any atom is 0.239 e. The number of hydrogen-bond donors (Lipinski definition) is 3. The molecule has 1 rings (SSSR count). The van der Waals surface area contributed by atoms with Crippen LogP contribution in [0.25, 0.3) is 0 Å². The number of carbonyl (C=O) groups excluding carboxylic acids is 1. The minimum absolute atomic E-state index is 0. The van der Waals surface area contributed by atoms with Crippen LogP contribution in [0.5, 0.6) is 0 Å². The third-order valence-electron chi connectivity index (χ3n) is 3.02. The first-order valence-corrected chi connectivity index (χ1v) is 8.26. The Morgan fingerprint density at radius 2 is 2.17 bits per heavy atom. The van der Waals surface area contributed by atoms with Gasteiger partial charge in [-0.05, 0) is 23.8 Å². The largest absolute Gasteiger partial charge is 0.383 e. The summed E-state index contributed by atoms with van der Waals surface area (Å²) in [5.41, 5.74) is 0. The van der Waals surface area contributed by atoms with E-state index in [1.165, 1.54) is 4.88 Å². The Balaban J connectivity index is 0.00000484. The van der Waals surface area contributed by atoms with Crippen molar-refractivity contribution in [3.8, 4) is 0 Å². The maximum absolute atomic E-state index is 11.6. The van der Waals surface area contributed by atoms with Crippen molar-refractivity contribution < 1.29 is 9.53 Å². The van der Waals surface area contributed by atoms with Gasteiger partial charge < -0.3 is 20.7 Å². The molecule has 132 valence electrons. The van der Waals surface area contributed by atoms with Crippen molar-refractivity contribution in [1.82, 2.24) is 16.0 Å². The summed E-state index contributed by atoms with van der Waals surface area (Å²) in [5.74, 6) is 1.05. The van der Waals surface area contributed by atoms with Crippen LogP contribution in [0.15, 0.2) is 22.5 Å². The maximum atomic E-state index is 11.6.